The largest absolute Gasteiger partial charge is 0.341 e. The van der Waals surface area contributed by atoms with Gasteiger partial charge < -0.3 is 4.98 Å². The summed E-state index contributed by atoms with van der Waals surface area (Å²) in [4.78, 5) is 7.33. The van der Waals surface area contributed by atoms with Crippen LogP contribution in [0.5, 0.6) is 0 Å². The Kier molecular flexibility index (Phi) is 2.55. The van der Waals surface area contributed by atoms with Crippen molar-refractivity contribution in [1.29, 1.82) is 0 Å². The van der Waals surface area contributed by atoms with Crippen molar-refractivity contribution in [3.63, 3.8) is 0 Å². The monoisotopic (exact) mass is 354 g/mol. The fourth-order valence-electron chi connectivity index (χ4n) is 1.13. The molecule has 0 unspecified atom stereocenters. The highest BCUT2D eigenvalue weighted by Crippen LogP contribution is 2.21. The molecule has 0 atom stereocenters. The average molecular weight is 355 g/mol. The molecule has 0 fully saturated rings. The van der Waals surface area contributed by atoms with Crippen LogP contribution in [0.2, 0.25) is 0 Å². The number of halogens is 3. The number of alkyl halides is 1. The lowest BCUT2D eigenvalue weighted by Crippen LogP contribution is -1.82. The minimum atomic E-state index is -0.222. The van der Waals surface area contributed by atoms with Crippen molar-refractivity contribution < 1.29 is 4.39 Å². The van der Waals surface area contributed by atoms with Crippen molar-refractivity contribution in [2.24, 2.45) is 0 Å². The third-order valence-corrected chi connectivity index (χ3v) is 3.28. The van der Waals surface area contributed by atoms with Gasteiger partial charge in [-0.2, -0.15) is 0 Å². The number of rotatable bonds is 1. The number of benzene rings is 1. The zero-order chi connectivity index (χ0) is 9.42. The summed E-state index contributed by atoms with van der Waals surface area (Å²) >= 11 is 5.25. The molecule has 1 aromatic heterocycles. The quantitative estimate of drug-likeness (QED) is 0.618. The number of imidazole rings is 1. The molecule has 2 rings (SSSR count). The van der Waals surface area contributed by atoms with Gasteiger partial charge in [-0.3, -0.25) is 0 Å². The smallest absolute Gasteiger partial charge is 0.138 e. The Bertz CT molecular complexity index is 455. The Hall–Kier alpha value is -0.170. The van der Waals surface area contributed by atoms with Crippen LogP contribution in [0.3, 0.4) is 0 Å². The molecular weight excluding hydrogens is 350 g/mol. The Morgan fingerprint density at radius 2 is 2.31 bits per heavy atom. The maximum absolute atomic E-state index is 13.1. The number of nitrogens with one attached hydrogen (secondary N) is 1. The maximum Gasteiger partial charge on any atom is 0.138 e. The average Bonchev–Trinajstić information content (AvgIpc) is 2.55. The summed E-state index contributed by atoms with van der Waals surface area (Å²) in [6.45, 7) is 0. The lowest BCUT2D eigenvalue weighted by atomic mass is 10.3. The minimum Gasteiger partial charge on any atom is -0.341 e. The molecule has 0 spiro atoms. The van der Waals surface area contributed by atoms with E-state index in [2.05, 4.69) is 25.9 Å². The second-order valence-corrected chi connectivity index (χ2v) is 4.21. The number of aromatic amines is 1. The Balaban J connectivity index is 2.76. The van der Waals surface area contributed by atoms with Gasteiger partial charge in [0.15, 0.2) is 0 Å². The summed E-state index contributed by atoms with van der Waals surface area (Å²) in [6.07, 6.45) is 0. The Morgan fingerprint density at radius 3 is 3.00 bits per heavy atom. The van der Waals surface area contributed by atoms with E-state index in [-0.39, 0.29) is 5.82 Å². The second kappa shape index (κ2) is 3.53. The van der Waals surface area contributed by atoms with E-state index >= 15 is 0 Å². The molecule has 2 nitrogen and oxygen atoms in total. The zero-order valence-electron chi connectivity index (χ0n) is 6.44. The van der Waals surface area contributed by atoms with Gasteiger partial charge in [-0.1, -0.05) is 15.9 Å². The van der Waals surface area contributed by atoms with Gasteiger partial charge >= 0.3 is 0 Å². The van der Waals surface area contributed by atoms with Crippen molar-refractivity contribution in [3.05, 3.63) is 27.3 Å². The van der Waals surface area contributed by atoms with Crippen molar-refractivity contribution in [1.82, 2.24) is 9.97 Å². The van der Waals surface area contributed by atoms with Crippen LogP contribution in [0.4, 0.5) is 4.39 Å². The van der Waals surface area contributed by atoms with Crippen LogP contribution in [0, 0.1) is 9.39 Å². The van der Waals surface area contributed by atoms with Gasteiger partial charge in [-0.05, 0) is 34.7 Å². The van der Waals surface area contributed by atoms with E-state index in [1.807, 2.05) is 22.6 Å². The highest BCUT2D eigenvalue weighted by molar-refractivity contribution is 14.1. The first-order valence-corrected chi connectivity index (χ1v) is 5.81. The molecule has 2 aromatic rings. The summed E-state index contributed by atoms with van der Waals surface area (Å²) in [5.41, 5.74) is 1.58. The first-order chi connectivity index (χ1) is 6.22. The normalized spacial score (nSPS) is 11.0. The molecule has 1 aromatic carbocycles. The van der Waals surface area contributed by atoms with Gasteiger partial charge in [-0.15, -0.1) is 0 Å². The van der Waals surface area contributed by atoms with Gasteiger partial charge in [0.25, 0.3) is 0 Å². The molecule has 1 N–H and O–H groups in total. The van der Waals surface area contributed by atoms with Gasteiger partial charge in [-0.25, -0.2) is 9.37 Å². The molecular formula is C8H5BrFIN2. The lowest BCUT2D eigenvalue weighted by Gasteiger charge is -1.93. The first-order valence-electron chi connectivity index (χ1n) is 3.61. The number of H-pyrrole nitrogens is 1. The summed E-state index contributed by atoms with van der Waals surface area (Å²) < 4.78 is 13.7. The van der Waals surface area contributed by atoms with Gasteiger partial charge in [0.05, 0.1) is 14.4 Å². The van der Waals surface area contributed by atoms with Crippen molar-refractivity contribution in [3.8, 4) is 0 Å². The number of hydrogen-bond donors (Lipinski definition) is 1. The fourth-order valence-corrected chi connectivity index (χ4v) is 1.99. The molecule has 0 aliphatic rings. The van der Waals surface area contributed by atoms with Crippen LogP contribution in [-0.4, -0.2) is 9.97 Å². The van der Waals surface area contributed by atoms with Crippen LogP contribution in [-0.2, 0) is 5.33 Å². The summed E-state index contributed by atoms with van der Waals surface area (Å²) in [5.74, 6) is 0.597. The molecule has 0 amide bonds. The molecule has 0 aliphatic heterocycles. The third-order valence-electron chi connectivity index (χ3n) is 1.72. The van der Waals surface area contributed by atoms with Crippen LogP contribution in [0.1, 0.15) is 5.82 Å². The van der Waals surface area contributed by atoms with Crippen LogP contribution in [0.15, 0.2) is 12.1 Å². The molecule has 0 saturated carbocycles. The molecule has 0 radical (unpaired) electrons. The van der Waals surface area contributed by atoms with Crippen molar-refractivity contribution in [2.45, 2.75) is 5.33 Å². The van der Waals surface area contributed by atoms with E-state index in [1.165, 1.54) is 6.07 Å². The second-order valence-electron chi connectivity index (χ2n) is 2.57. The van der Waals surface area contributed by atoms with Gasteiger partial charge in [0, 0.05) is 0 Å². The van der Waals surface area contributed by atoms with E-state index in [0.717, 1.165) is 11.3 Å². The number of nitrogens with zero attached hydrogens (tertiary/aromatic N) is 1. The van der Waals surface area contributed by atoms with Crippen molar-refractivity contribution >= 4 is 49.6 Å². The number of aromatic nitrogens is 2. The molecule has 68 valence electrons. The summed E-state index contributed by atoms with van der Waals surface area (Å²) in [7, 11) is 0. The predicted octanol–water partition coefficient (Wildman–Crippen LogP) is 3.20. The SMILES string of the molecule is Fc1ccc2[nH]c(CBr)nc2c1I. The minimum absolute atomic E-state index is 0.222. The maximum atomic E-state index is 13.1. The lowest BCUT2D eigenvalue weighted by molar-refractivity contribution is 0.622. The highest BCUT2D eigenvalue weighted by atomic mass is 127. The Morgan fingerprint density at radius 1 is 1.54 bits per heavy atom. The first kappa shape index (κ1) is 9.39. The summed E-state index contributed by atoms with van der Waals surface area (Å²) in [5, 5.41) is 0.652. The van der Waals surface area contributed by atoms with E-state index in [0.29, 0.717) is 14.4 Å². The van der Waals surface area contributed by atoms with Crippen LogP contribution in [0.25, 0.3) is 11.0 Å². The van der Waals surface area contributed by atoms with Crippen LogP contribution < -0.4 is 0 Å². The molecule has 13 heavy (non-hydrogen) atoms. The van der Waals surface area contributed by atoms with Gasteiger partial charge in [0.2, 0.25) is 0 Å². The third kappa shape index (κ3) is 1.59. The van der Waals surface area contributed by atoms with E-state index < -0.39 is 0 Å². The highest BCUT2D eigenvalue weighted by Gasteiger charge is 2.08. The summed E-state index contributed by atoms with van der Waals surface area (Å²) in [6, 6.07) is 3.15. The molecule has 0 aliphatic carbocycles. The molecule has 1 heterocycles. The van der Waals surface area contributed by atoms with Crippen LogP contribution >= 0.6 is 38.5 Å². The molecule has 0 saturated heterocycles. The zero-order valence-corrected chi connectivity index (χ0v) is 10.2. The molecule has 5 heteroatoms. The van der Waals surface area contributed by atoms with Gasteiger partial charge in [0.1, 0.15) is 17.2 Å². The Labute approximate surface area is 96.2 Å². The van der Waals surface area contributed by atoms with E-state index in [1.54, 1.807) is 6.07 Å². The standard InChI is InChI=1S/C8H5BrFIN2/c9-3-6-12-5-2-1-4(10)7(11)8(5)13-6/h1-2H,3H2,(H,12,13). The molecule has 0 bridgehead atoms. The van der Waals surface area contributed by atoms with Crippen molar-refractivity contribution in [2.75, 3.05) is 0 Å². The number of hydrogen-bond acceptors (Lipinski definition) is 1. The fraction of sp³-hybridized carbons (Fsp3) is 0.125. The van der Waals surface area contributed by atoms with E-state index in [4.69, 9.17) is 0 Å². The predicted molar refractivity (Wildman–Crippen MR) is 61.4 cm³/mol. The number of fused-ring (bicyclic) bond motifs is 1. The van der Waals surface area contributed by atoms with E-state index in [9.17, 15) is 4.39 Å². The topological polar surface area (TPSA) is 28.7 Å².